The van der Waals surface area contributed by atoms with Crippen LogP contribution in [0.4, 0.5) is 13.2 Å². The number of nitrogens with zero attached hydrogens (tertiary/aromatic N) is 3. The molecule has 0 aliphatic heterocycles. The van der Waals surface area contributed by atoms with Crippen molar-refractivity contribution in [1.29, 1.82) is 0 Å². The third kappa shape index (κ3) is 6.67. The lowest BCUT2D eigenvalue weighted by Crippen LogP contribution is -2.57. The summed E-state index contributed by atoms with van der Waals surface area (Å²) in [6.45, 7) is 0. The highest BCUT2D eigenvalue weighted by Crippen LogP contribution is 2.43. The Morgan fingerprint density at radius 3 is 1.32 bits per heavy atom. The van der Waals surface area contributed by atoms with E-state index < -0.39 is 17.6 Å². The summed E-state index contributed by atoms with van der Waals surface area (Å²) in [5, 5.41) is 4.85. The first kappa shape index (κ1) is 38.7. The summed E-state index contributed by atoms with van der Waals surface area (Å²) < 4.78 is 46.8. The number of fused-ring (bicyclic) bond motifs is 6. The minimum absolute atomic E-state index is 0.00693. The largest absolute Gasteiger partial charge is 0.479 e. The molecule has 7 aromatic carbocycles. The Morgan fingerprint density at radius 1 is 0.421 bits per heavy atom. The zero-order valence-corrected chi connectivity index (χ0v) is 30.5. The Hall–Kier alpha value is -5.15. The Kier molecular flexibility index (Phi) is 9.96. The lowest BCUT2D eigenvalue weighted by Gasteiger charge is -2.28. The van der Waals surface area contributed by atoms with Gasteiger partial charge >= 0.3 is 5.51 Å². The topological polar surface area (TPSA) is 47.9 Å². The van der Waals surface area contributed by atoms with E-state index in [9.17, 15) is 13.2 Å². The fourth-order valence-electron chi connectivity index (χ4n) is 7.05. The predicted molar refractivity (Wildman–Crippen MR) is 237 cm³/mol. The first-order chi connectivity index (χ1) is 27.2. The van der Waals surface area contributed by atoms with Crippen molar-refractivity contribution in [2.75, 3.05) is 0 Å². The third-order valence-electron chi connectivity index (χ3n) is 9.81. The number of benzene rings is 7. The molecule has 0 saturated heterocycles. The molecule has 1 aromatic heterocycles. The molecule has 0 unspecified atom stereocenters. The van der Waals surface area contributed by atoms with Crippen LogP contribution in [0.1, 0.15) is 0 Å². The van der Waals surface area contributed by atoms with E-state index in [1.54, 1.807) is 42.5 Å². The van der Waals surface area contributed by atoms with Gasteiger partial charge in [0.1, 0.15) is 76.4 Å². The maximum absolute atomic E-state index is 13.8. The zero-order valence-electron chi connectivity index (χ0n) is 29.6. The molecule has 4 nitrogen and oxygen atoms in total. The molecule has 57 heavy (non-hydrogen) atoms. The number of alkyl halides is 3. The first-order valence-electron chi connectivity index (χ1n) is 17.1. The van der Waals surface area contributed by atoms with Crippen molar-refractivity contribution in [3.8, 4) is 51.0 Å². The summed E-state index contributed by atoms with van der Waals surface area (Å²) in [5.41, 5.74) is -4.69. The molecule has 0 spiro atoms. The molecule has 0 amide bonds. The van der Waals surface area contributed by atoms with Crippen LogP contribution in [0, 0.1) is 0 Å². The molecule has 0 aliphatic rings. The van der Waals surface area contributed by atoms with Crippen LogP contribution in [0.5, 0.6) is 5.75 Å². The zero-order chi connectivity index (χ0) is 40.5. The summed E-state index contributed by atoms with van der Waals surface area (Å²) >= 11 is -0.663. The molecule has 17 heteroatoms. The van der Waals surface area contributed by atoms with E-state index in [1.165, 1.54) is 0 Å². The Labute approximate surface area is 342 Å². The van der Waals surface area contributed by atoms with Crippen molar-refractivity contribution in [3.63, 3.8) is 0 Å². The molecular formula is C40H15B9F3N3OS. The normalized spacial score (nSPS) is 11.8. The number of hydrogen-bond donors (Lipinski definition) is 0. The van der Waals surface area contributed by atoms with Crippen LogP contribution in [0.2, 0.25) is 0 Å². The van der Waals surface area contributed by atoms with Crippen LogP contribution in [-0.4, -0.2) is 91.1 Å². The van der Waals surface area contributed by atoms with Gasteiger partial charge in [-0.3, -0.25) is 0 Å². The van der Waals surface area contributed by atoms with Crippen LogP contribution in [-0.2, 0) is 0 Å². The standard InChI is InChI=1S/C40H15B9F3N3OS/c41-28-25(26-30(43)34(47)36(49)35(48)31(26)44)29(42)33(46)27(32(28)45)39-54-37(16-8-2-1-3-9-16)53-38(55-39)23-14-21-19-12-6-4-10-17(19)18-11-5-7-13-20(18)22(21)15-24(23)56-57-40(50,51)52/h1-15H. The van der Waals surface area contributed by atoms with Crippen molar-refractivity contribution in [2.24, 2.45) is 0 Å². The second-order valence-electron chi connectivity index (χ2n) is 13.1. The molecule has 0 fully saturated rings. The monoisotopic (exact) mass is 741 g/mol. The fraction of sp³-hybridized carbons (Fsp3) is 0.0250. The summed E-state index contributed by atoms with van der Waals surface area (Å²) in [6, 6.07) is 27.4. The van der Waals surface area contributed by atoms with E-state index in [0.29, 0.717) is 16.3 Å². The molecule has 250 valence electrons. The maximum atomic E-state index is 13.8. The number of halogens is 3. The van der Waals surface area contributed by atoms with Crippen molar-refractivity contribution < 1.29 is 17.4 Å². The van der Waals surface area contributed by atoms with Gasteiger partial charge in [0.25, 0.3) is 0 Å². The second kappa shape index (κ2) is 14.7. The highest BCUT2D eigenvalue weighted by atomic mass is 32.2. The van der Waals surface area contributed by atoms with Crippen molar-refractivity contribution in [1.82, 2.24) is 15.0 Å². The molecule has 1 heterocycles. The molecule has 0 aliphatic carbocycles. The van der Waals surface area contributed by atoms with Gasteiger partial charge in [-0.1, -0.05) is 112 Å². The van der Waals surface area contributed by atoms with Crippen LogP contribution >= 0.6 is 12.0 Å². The van der Waals surface area contributed by atoms with E-state index >= 15 is 0 Å². The summed E-state index contributed by atoms with van der Waals surface area (Å²) in [4.78, 5) is 14.3. The molecule has 8 aromatic rings. The Balaban J connectivity index is 1.44. The molecule has 0 saturated carbocycles. The molecule has 0 N–H and O–H groups in total. The number of rotatable bonds is 6. The lowest BCUT2D eigenvalue weighted by atomic mass is 9.56. The predicted octanol–water partition coefficient (Wildman–Crippen LogP) is 0.690. The average Bonchev–Trinajstić information content (AvgIpc) is 3.21. The van der Waals surface area contributed by atoms with Gasteiger partial charge in [-0.25, -0.2) is 15.0 Å². The minimum Gasteiger partial charge on any atom is -0.416 e. The van der Waals surface area contributed by atoms with Crippen LogP contribution in [0.25, 0.3) is 77.6 Å². The molecule has 8 rings (SSSR count). The van der Waals surface area contributed by atoms with Crippen LogP contribution < -0.4 is 53.3 Å². The quantitative estimate of drug-likeness (QED) is 0.143. The molecule has 0 bridgehead atoms. The van der Waals surface area contributed by atoms with Crippen LogP contribution in [0.15, 0.2) is 91.0 Å². The number of aromatic nitrogens is 3. The summed E-state index contributed by atoms with van der Waals surface area (Å²) in [7, 11) is 57.9. The van der Waals surface area contributed by atoms with Gasteiger partial charge in [-0.15, -0.1) is 16.4 Å². The van der Waals surface area contributed by atoms with Gasteiger partial charge in [0.2, 0.25) is 0 Å². The van der Waals surface area contributed by atoms with Gasteiger partial charge in [-0.05, 0) is 55.6 Å². The SMILES string of the molecule is [B]c1c([B])c([B])c(-c2c([B])c([B])c(-c3nc(-c4ccccc4)nc(-c4cc5c6ccccc6c6ccccc6c5cc4OSC(F)(F)F)n3)c([B])c2[B])c([B])c1[B]. The van der Waals surface area contributed by atoms with Gasteiger partial charge < -0.3 is 4.18 Å². The van der Waals surface area contributed by atoms with Gasteiger partial charge in [0.05, 0.1) is 5.56 Å². The smallest absolute Gasteiger partial charge is 0.416 e. The first-order valence-corrected chi connectivity index (χ1v) is 17.8. The van der Waals surface area contributed by atoms with E-state index in [1.807, 2.05) is 48.5 Å². The van der Waals surface area contributed by atoms with E-state index in [0.717, 1.165) is 21.5 Å². The molecule has 0 atom stereocenters. The Bertz CT molecular complexity index is 2910. The highest BCUT2D eigenvalue weighted by molar-refractivity contribution is 7.95. The van der Waals surface area contributed by atoms with Gasteiger partial charge in [-0.2, -0.15) is 13.2 Å². The van der Waals surface area contributed by atoms with Gasteiger partial charge in [0.15, 0.2) is 29.5 Å². The fourth-order valence-corrected chi connectivity index (χ4v) is 7.37. The second-order valence-corrected chi connectivity index (χ2v) is 13.9. The third-order valence-corrected chi connectivity index (χ3v) is 10.3. The molecular weight excluding hydrogens is 725 g/mol. The maximum Gasteiger partial charge on any atom is 0.479 e. The Morgan fingerprint density at radius 2 is 0.807 bits per heavy atom. The van der Waals surface area contributed by atoms with E-state index in [2.05, 4.69) is 0 Å². The van der Waals surface area contributed by atoms with Crippen molar-refractivity contribution in [2.45, 2.75) is 5.51 Å². The summed E-state index contributed by atoms with van der Waals surface area (Å²) in [5.74, 6) is -0.209. The van der Waals surface area contributed by atoms with E-state index in [-0.39, 0.29) is 94.6 Å². The van der Waals surface area contributed by atoms with Gasteiger partial charge in [0, 0.05) is 11.1 Å². The van der Waals surface area contributed by atoms with E-state index in [4.69, 9.17) is 89.8 Å². The van der Waals surface area contributed by atoms with Crippen molar-refractivity contribution in [3.05, 3.63) is 91.0 Å². The lowest BCUT2D eigenvalue weighted by molar-refractivity contribution is -0.0369. The van der Waals surface area contributed by atoms with Crippen molar-refractivity contribution >= 4 is 164 Å². The minimum atomic E-state index is -4.75. The molecule has 18 radical (unpaired) electrons. The summed E-state index contributed by atoms with van der Waals surface area (Å²) in [6.07, 6.45) is 0. The highest BCUT2D eigenvalue weighted by Gasteiger charge is 2.33. The average molecular weight is 740 g/mol. The van der Waals surface area contributed by atoms with Crippen LogP contribution in [0.3, 0.4) is 0 Å². The number of hydrogen-bond acceptors (Lipinski definition) is 5.